The average molecular weight is 476 g/mol. The number of phenolic OH excluding ortho intramolecular Hbond substituents is 1. The Bertz CT molecular complexity index is 1050. The third kappa shape index (κ3) is 7.48. The van der Waals surface area contributed by atoms with Crippen molar-refractivity contribution in [3.8, 4) is 11.5 Å². The molecule has 0 saturated heterocycles. The fraction of sp³-hybridized carbons (Fsp3) is 0.452. The Labute approximate surface area is 211 Å². The minimum atomic E-state index is -0.437. The molecule has 0 fully saturated rings. The van der Waals surface area contributed by atoms with Crippen LogP contribution >= 0.6 is 0 Å². The van der Waals surface area contributed by atoms with Gasteiger partial charge in [-0.3, -0.25) is 4.79 Å². The molecule has 4 heteroatoms. The van der Waals surface area contributed by atoms with Crippen molar-refractivity contribution in [2.24, 2.45) is 0 Å². The second-order valence-electron chi connectivity index (χ2n) is 10.0. The molecule has 0 bridgehead atoms. The van der Waals surface area contributed by atoms with E-state index in [9.17, 15) is 9.90 Å². The molecule has 0 aromatic heterocycles. The molecule has 1 amide bonds. The summed E-state index contributed by atoms with van der Waals surface area (Å²) in [5, 5.41) is 14.2. The topological polar surface area (TPSA) is 58.6 Å². The molecule has 1 unspecified atom stereocenters. The van der Waals surface area contributed by atoms with E-state index in [4.69, 9.17) is 4.74 Å². The van der Waals surface area contributed by atoms with Gasteiger partial charge in [-0.15, -0.1) is 0 Å². The second kappa shape index (κ2) is 12.6. The van der Waals surface area contributed by atoms with E-state index in [1.165, 1.54) is 11.1 Å². The molecule has 0 saturated carbocycles. The quantitative estimate of drug-likeness (QED) is 0.248. The van der Waals surface area contributed by atoms with Gasteiger partial charge < -0.3 is 15.2 Å². The van der Waals surface area contributed by atoms with E-state index in [1.54, 1.807) is 0 Å². The van der Waals surface area contributed by atoms with Crippen LogP contribution in [0.4, 0.5) is 0 Å². The fourth-order valence-corrected chi connectivity index (χ4v) is 4.53. The van der Waals surface area contributed by atoms with Crippen molar-refractivity contribution in [3.05, 3.63) is 76.4 Å². The predicted molar refractivity (Wildman–Crippen MR) is 145 cm³/mol. The lowest BCUT2D eigenvalue weighted by molar-refractivity contribution is 0.0949. The minimum absolute atomic E-state index is 0.0251. The van der Waals surface area contributed by atoms with Crippen LogP contribution in [0.2, 0.25) is 0 Å². The lowest BCUT2D eigenvalue weighted by Crippen LogP contribution is -2.32. The highest BCUT2D eigenvalue weighted by Gasteiger charge is 2.31. The van der Waals surface area contributed by atoms with E-state index in [-0.39, 0.29) is 11.7 Å². The van der Waals surface area contributed by atoms with E-state index in [2.05, 4.69) is 51.2 Å². The Kier molecular flexibility index (Phi) is 9.59. The van der Waals surface area contributed by atoms with Crippen LogP contribution in [-0.4, -0.2) is 23.2 Å². The molecule has 2 N–H and O–H groups in total. The van der Waals surface area contributed by atoms with Crippen molar-refractivity contribution in [1.82, 2.24) is 5.32 Å². The van der Waals surface area contributed by atoms with Crippen molar-refractivity contribution < 1.29 is 14.6 Å². The van der Waals surface area contributed by atoms with Crippen LogP contribution in [-0.2, 0) is 12.8 Å². The Morgan fingerprint density at radius 3 is 2.60 bits per heavy atom. The zero-order valence-corrected chi connectivity index (χ0v) is 21.8. The first kappa shape index (κ1) is 26.6. The minimum Gasteiger partial charge on any atom is -0.506 e. The number of aryl methyl sites for hydroxylation is 2. The van der Waals surface area contributed by atoms with E-state index < -0.39 is 5.60 Å². The number of carbonyl (C=O) groups is 1. The molecule has 1 aliphatic heterocycles. The molecule has 2 aromatic carbocycles. The summed E-state index contributed by atoms with van der Waals surface area (Å²) >= 11 is 0. The average Bonchev–Trinajstić information content (AvgIpc) is 2.82. The third-order valence-electron chi connectivity index (χ3n) is 6.57. The highest BCUT2D eigenvalue weighted by atomic mass is 16.5. The van der Waals surface area contributed by atoms with Gasteiger partial charge in [0.1, 0.15) is 17.1 Å². The predicted octanol–water partition coefficient (Wildman–Crippen LogP) is 7.40. The summed E-state index contributed by atoms with van der Waals surface area (Å²) in [7, 11) is 0. The number of benzene rings is 2. The Hall–Kier alpha value is -3.01. The fourth-order valence-electron chi connectivity index (χ4n) is 4.53. The summed E-state index contributed by atoms with van der Waals surface area (Å²) in [6.07, 6.45) is 13.6. The first-order valence-corrected chi connectivity index (χ1v) is 13.1. The number of aromatic hydroxyl groups is 1. The number of fused-ring (bicyclic) bond motifs is 1. The molecule has 1 aliphatic rings. The molecular formula is C31H41NO3. The van der Waals surface area contributed by atoms with Crippen LogP contribution in [0.15, 0.2) is 54.1 Å². The van der Waals surface area contributed by atoms with E-state index in [0.717, 1.165) is 56.9 Å². The molecule has 0 aliphatic carbocycles. The maximum Gasteiger partial charge on any atom is 0.255 e. The van der Waals surface area contributed by atoms with E-state index in [1.807, 2.05) is 36.4 Å². The molecule has 4 nitrogen and oxygen atoms in total. The van der Waals surface area contributed by atoms with Crippen LogP contribution < -0.4 is 10.1 Å². The smallest absolute Gasteiger partial charge is 0.255 e. The van der Waals surface area contributed by atoms with Crippen molar-refractivity contribution in [3.63, 3.8) is 0 Å². The van der Waals surface area contributed by atoms with Crippen LogP contribution in [0, 0.1) is 0 Å². The van der Waals surface area contributed by atoms with Gasteiger partial charge >= 0.3 is 0 Å². The third-order valence-corrected chi connectivity index (χ3v) is 6.57. The summed E-state index contributed by atoms with van der Waals surface area (Å²) in [6.45, 7) is 9.00. The summed E-state index contributed by atoms with van der Waals surface area (Å²) in [5.74, 6) is 0.476. The number of nitrogens with one attached hydrogen (secondary N) is 1. The zero-order chi connectivity index (χ0) is 25.3. The summed E-state index contributed by atoms with van der Waals surface area (Å²) in [4.78, 5) is 13.2. The number of hydrogen-bond acceptors (Lipinski definition) is 3. The maximum atomic E-state index is 13.2. The highest BCUT2D eigenvalue weighted by molar-refractivity contribution is 6.00. The molecule has 0 radical (unpaired) electrons. The largest absolute Gasteiger partial charge is 0.506 e. The van der Waals surface area contributed by atoms with Gasteiger partial charge in [-0.25, -0.2) is 0 Å². The van der Waals surface area contributed by atoms with Crippen molar-refractivity contribution in [2.75, 3.05) is 6.54 Å². The molecule has 35 heavy (non-hydrogen) atoms. The molecule has 1 heterocycles. The van der Waals surface area contributed by atoms with Crippen LogP contribution in [0.1, 0.15) is 93.3 Å². The monoisotopic (exact) mass is 475 g/mol. The van der Waals surface area contributed by atoms with Crippen LogP contribution in [0.5, 0.6) is 11.5 Å². The Balaban J connectivity index is 1.77. The summed E-state index contributed by atoms with van der Waals surface area (Å²) in [6, 6.07) is 12.2. The van der Waals surface area contributed by atoms with Gasteiger partial charge in [0.15, 0.2) is 0 Å². The number of carbonyl (C=O) groups excluding carboxylic acids is 1. The molecular weight excluding hydrogens is 434 g/mol. The van der Waals surface area contributed by atoms with E-state index in [0.29, 0.717) is 23.4 Å². The first-order chi connectivity index (χ1) is 16.8. The van der Waals surface area contributed by atoms with Gasteiger partial charge in [-0.2, -0.15) is 0 Å². The lowest BCUT2D eigenvalue weighted by atomic mass is 9.91. The molecule has 2 aromatic rings. The number of ether oxygens (including phenoxy) is 1. The molecule has 1 atom stereocenters. The zero-order valence-electron chi connectivity index (χ0n) is 21.8. The van der Waals surface area contributed by atoms with Gasteiger partial charge in [0.2, 0.25) is 0 Å². The number of rotatable bonds is 12. The maximum absolute atomic E-state index is 13.2. The van der Waals surface area contributed by atoms with Gasteiger partial charge in [0, 0.05) is 6.54 Å². The number of phenols is 1. The Morgan fingerprint density at radius 1 is 1.11 bits per heavy atom. The van der Waals surface area contributed by atoms with Crippen molar-refractivity contribution in [2.45, 2.75) is 84.7 Å². The summed E-state index contributed by atoms with van der Waals surface area (Å²) < 4.78 is 6.40. The lowest BCUT2D eigenvalue weighted by Gasteiger charge is -2.32. The van der Waals surface area contributed by atoms with Crippen molar-refractivity contribution in [1.29, 1.82) is 0 Å². The number of hydrogen-bond donors (Lipinski definition) is 2. The Morgan fingerprint density at radius 2 is 1.89 bits per heavy atom. The molecule has 0 spiro atoms. The number of amides is 1. The number of allylic oxidation sites excluding steroid dienone is 2. The van der Waals surface area contributed by atoms with Gasteiger partial charge in [0.05, 0.1) is 11.1 Å². The van der Waals surface area contributed by atoms with Crippen molar-refractivity contribution >= 4 is 12.0 Å². The standard InChI is InChI=1S/C31H41NO3/c1-5-6-8-17-25-22-27-26(18-20-31(4,35-27)19-11-13-23(2)3)29(33)28(25)30(34)32-21-12-16-24-14-9-7-10-15-24/h7,9-10,13-15,18,20,22,33H,5-6,8,11-12,16-17,19,21H2,1-4H3,(H,32,34). The van der Waals surface area contributed by atoms with Gasteiger partial charge in [-0.05, 0) is 88.6 Å². The summed E-state index contributed by atoms with van der Waals surface area (Å²) in [5.41, 5.74) is 3.96. The number of unbranched alkanes of at least 4 members (excludes halogenated alkanes) is 2. The second-order valence-corrected chi connectivity index (χ2v) is 10.0. The van der Waals surface area contributed by atoms with Gasteiger partial charge in [-0.1, -0.05) is 61.7 Å². The van der Waals surface area contributed by atoms with Crippen LogP contribution in [0.3, 0.4) is 0 Å². The van der Waals surface area contributed by atoms with Crippen LogP contribution in [0.25, 0.3) is 6.08 Å². The SMILES string of the molecule is CCCCCc1cc2c(c(O)c1C(=O)NCCCc1ccccc1)C=CC(C)(CCC=C(C)C)O2. The normalized spacial score (nSPS) is 16.3. The molecule has 188 valence electrons. The first-order valence-electron chi connectivity index (χ1n) is 13.1. The van der Waals surface area contributed by atoms with Gasteiger partial charge in [0.25, 0.3) is 5.91 Å². The highest BCUT2D eigenvalue weighted by Crippen LogP contribution is 2.42. The van der Waals surface area contributed by atoms with E-state index >= 15 is 0 Å². The molecule has 3 rings (SSSR count).